The summed E-state index contributed by atoms with van der Waals surface area (Å²) in [6.07, 6.45) is 5.01. The van der Waals surface area contributed by atoms with E-state index in [9.17, 15) is 9.59 Å². The quantitative estimate of drug-likeness (QED) is 0.613. The van der Waals surface area contributed by atoms with Gasteiger partial charge in [-0.1, -0.05) is 36.8 Å². The lowest BCUT2D eigenvalue weighted by atomic mass is 9.87. The van der Waals surface area contributed by atoms with Crippen LogP contribution in [0, 0.1) is 0 Å². The Labute approximate surface area is 161 Å². The zero-order valence-corrected chi connectivity index (χ0v) is 16.0. The molecule has 4 N–H and O–H groups in total. The van der Waals surface area contributed by atoms with Crippen LogP contribution in [0.1, 0.15) is 37.7 Å². The molecule has 0 unspecified atom stereocenters. The van der Waals surface area contributed by atoms with E-state index < -0.39 is 0 Å². The Balaban J connectivity index is 1.25. The minimum Gasteiger partial charge on any atom is -0.342 e. The molecule has 4 rings (SSSR count). The van der Waals surface area contributed by atoms with E-state index in [1.807, 2.05) is 11.0 Å². The van der Waals surface area contributed by atoms with Crippen LogP contribution in [0.15, 0.2) is 30.3 Å². The summed E-state index contributed by atoms with van der Waals surface area (Å²) in [7, 11) is 0. The molecule has 2 saturated heterocycles. The first-order valence-corrected chi connectivity index (χ1v) is 10.5. The topological polar surface area (TPSA) is 70.5 Å². The number of fused-ring (bicyclic) bond motifs is 1. The second kappa shape index (κ2) is 8.40. The van der Waals surface area contributed by atoms with Crippen molar-refractivity contribution in [3.05, 3.63) is 35.9 Å². The van der Waals surface area contributed by atoms with Crippen LogP contribution in [-0.4, -0.2) is 61.0 Å². The molecule has 0 radical (unpaired) electrons. The minimum atomic E-state index is -0.244. The van der Waals surface area contributed by atoms with Crippen LogP contribution < -0.4 is 15.5 Å². The second-order valence-corrected chi connectivity index (χ2v) is 8.36. The third-order valence-electron chi connectivity index (χ3n) is 6.48. The molecule has 6 heteroatoms. The molecular weight excluding hydrogens is 340 g/mol. The molecule has 1 aromatic rings. The Kier molecular flexibility index (Phi) is 5.74. The fourth-order valence-electron chi connectivity index (χ4n) is 4.86. The Morgan fingerprint density at radius 1 is 1.15 bits per heavy atom. The molecular formula is C21H32N4O2+2. The van der Waals surface area contributed by atoms with E-state index in [0.717, 1.165) is 45.6 Å². The number of benzene rings is 1. The van der Waals surface area contributed by atoms with Crippen molar-refractivity contribution < 1.29 is 19.8 Å². The van der Waals surface area contributed by atoms with Gasteiger partial charge in [-0.15, -0.1) is 0 Å². The average molecular weight is 373 g/mol. The fraction of sp³-hybridized carbons (Fsp3) is 0.619. The van der Waals surface area contributed by atoms with Crippen LogP contribution in [0.25, 0.3) is 0 Å². The summed E-state index contributed by atoms with van der Waals surface area (Å²) in [6, 6.07) is 11.1. The van der Waals surface area contributed by atoms with Crippen LogP contribution in [0.2, 0.25) is 0 Å². The zero-order valence-electron chi connectivity index (χ0n) is 16.0. The standard InChI is InChI=1S/C21H30N4O2/c26-20(14-19-21(27)23-18-9-5-4-8-17(18)22-19)25-12-10-24(11-13-25)15-16-6-2-1-3-7-16/h1-3,6-7,17-19,22H,4-5,8-15H2,(H,23,27)/p+2/t17-,18+,19+/m0/s1. The summed E-state index contributed by atoms with van der Waals surface area (Å²) in [4.78, 5) is 28.6. The van der Waals surface area contributed by atoms with Gasteiger partial charge in [-0.05, 0) is 12.8 Å². The van der Waals surface area contributed by atoms with E-state index >= 15 is 0 Å². The van der Waals surface area contributed by atoms with E-state index in [0.29, 0.717) is 18.5 Å². The molecule has 0 spiro atoms. The molecule has 3 aliphatic rings. The molecule has 1 aromatic carbocycles. The Hall–Kier alpha value is -1.92. The molecule has 2 aliphatic heterocycles. The highest BCUT2D eigenvalue weighted by Gasteiger charge is 2.41. The molecule has 2 amide bonds. The van der Waals surface area contributed by atoms with Crippen molar-refractivity contribution in [2.45, 2.75) is 56.8 Å². The third-order valence-corrected chi connectivity index (χ3v) is 6.48. The Morgan fingerprint density at radius 3 is 2.67 bits per heavy atom. The van der Waals surface area contributed by atoms with Crippen molar-refractivity contribution >= 4 is 11.8 Å². The lowest BCUT2D eigenvalue weighted by molar-refractivity contribution is -0.917. The predicted octanol–water partition coefficient (Wildman–Crippen LogP) is -1.32. The van der Waals surface area contributed by atoms with Crippen molar-refractivity contribution in [1.29, 1.82) is 0 Å². The summed E-state index contributed by atoms with van der Waals surface area (Å²) in [6.45, 7) is 4.56. The maximum atomic E-state index is 12.8. The molecule has 3 atom stereocenters. The average Bonchev–Trinajstić information content (AvgIpc) is 2.70. The number of carbonyl (C=O) groups is 2. The highest BCUT2D eigenvalue weighted by Crippen LogP contribution is 2.18. The second-order valence-electron chi connectivity index (χ2n) is 8.36. The van der Waals surface area contributed by atoms with Gasteiger partial charge in [0.05, 0.1) is 38.6 Å². The Morgan fingerprint density at radius 2 is 1.89 bits per heavy atom. The maximum absolute atomic E-state index is 12.8. The predicted molar refractivity (Wildman–Crippen MR) is 102 cm³/mol. The molecule has 146 valence electrons. The van der Waals surface area contributed by atoms with Gasteiger partial charge >= 0.3 is 0 Å². The van der Waals surface area contributed by atoms with Crippen LogP contribution in [0.5, 0.6) is 0 Å². The number of rotatable bonds is 4. The van der Waals surface area contributed by atoms with Crippen molar-refractivity contribution in [3.63, 3.8) is 0 Å². The molecule has 6 nitrogen and oxygen atoms in total. The molecule has 0 bridgehead atoms. The van der Waals surface area contributed by atoms with Gasteiger partial charge in [0.25, 0.3) is 5.91 Å². The number of nitrogens with zero attached hydrogens (tertiary/aromatic N) is 1. The van der Waals surface area contributed by atoms with Crippen molar-refractivity contribution in [1.82, 2.24) is 10.2 Å². The van der Waals surface area contributed by atoms with Crippen LogP contribution in [-0.2, 0) is 16.1 Å². The fourth-order valence-corrected chi connectivity index (χ4v) is 4.86. The SMILES string of the molecule is O=C1N[C@@H]2CCCC[C@@H]2[NH2+][C@@H]1CC(=O)N1CC[NH+](Cc2ccccc2)CC1. The highest BCUT2D eigenvalue weighted by molar-refractivity contribution is 5.87. The van der Waals surface area contributed by atoms with Crippen molar-refractivity contribution in [2.75, 3.05) is 26.2 Å². The molecule has 0 aromatic heterocycles. The first-order chi connectivity index (χ1) is 13.2. The van der Waals surface area contributed by atoms with E-state index in [4.69, 9.17) is 0 Å². The summed E-state index contributed by atoms with van der Waals surface area (Å²) in [5.41, 5.74) is 1.35. The van der Waals surface area contributed by atoms with Gasteiger partial charge in [0.2, 0.25) is 5.91 Å². The summed E-state index contributed by atoms with van der Waals surface area (Å²) in [5.74, 6) is 0.194. The first-order valence-electron chi connectivity index (χ1n) is 10.5. The largest absolute Gasteiger partial charge is 0.342 e. The third kappa shape index (κ3) is 4.50. The monoisotopic (exact) mass is 372 g/mol. The lowest BCUT2D eigenvalue weighted by Crippen LogP contribution is -3.13. The van der Waals surface area contributed by atoms with E-state index in [1.165, 1.54) is 23.3 Å². The van der Waals surface area contributed by atoms with Gasteiger partial charge in [-0.2, -0.15) is 0 Å². The zero-order chi connectivity index (χ0) is 18.6. The van der Waals surface area contributed by atoms with Crippen LogP contribution in [0.3, 0.4) is 0 Å². The van der Waals surface area contributed by atoms with Gasteiger partial charge in [-0.3, -0.25) is 9.59 Å². The number of carbonyl (C=O) groups excluding carboxylic acids is 2. The maximum Gasteiger partial charge on any atom is 0.279 e. The molecule has 1 aliphatic carbocycles. The van der Waals surface area contributed by atoms with Gasteiger partial charge in [0, 0.05) is 12.0 Å². The molecule has 2 heterocycles. The smallest absolute Gasteiger partial charge is 0.279 e. The number of amides is 2. The summed E-state index contributed by atoms with van der Waals surface area (Å²) < 4.78 is 0. The number of quaternary nitrogens is 2. The lowest BCUT2D eigenvalue weighted by Gasteiger charge is -2.38. The van der Waals surface area contributed by atoms with E-state index in [-0.39, 0.29) is 17.9 Å². The molecule has 3 fully saturated rings. The van der Waals surface area contributed by atoms with Gasteiger partial charge in [-0.25, -0.2) is 0 Å². The highest BCUT2D eigenvalue weighted by atomic mass is 16.2. The molecule has 27 heavy (non-hydrogen) atoms. The van der Waals surface area contributed by atoms with E-state index in [2.05, 4.69) is 34.9 Å². The van der Waals surface area contributed by atoms with Crippen molar-refractivity contribution in [2.24, 2.45) is 0 Å². The number of nitrogens with one attached hydrogen (secondary N) is 2. The normalized spacial score (nSPS) is 29.1. The number of hydrogen-bond donors (Lipinski definition) is 3. The van der Waals surface area contributed by atoms with Gasteiger partial charge in [0.1, 0.15) is 12.6 Å². The van der Waals surface area contributed by atoms with Crippen LogP contribution in [0.4, 0.5) is 0 Å². The first kappa shape index (κ1) is 18.4. The van der Waals surface area contributed by atoms with Gasteiger partial charge < -0.3 is 20.4 Å². The number of nitrogens with two attached hydrogens (primary N) is 1. The minimum absolute atomic E-state index is 0.0554. The summed E-state index contributed by atoms with van der Waals surface area (Å²) in [5, 5.41) is 5.34. The number of hydrogen-bond acceptors (Lipinski definition) is 2. The number of piperazine rings is 2. The Bertz CT molecular complexity index is 657. The molecule has 1 saturated carbocycles. The van der Waals surface area contributed by atoms with E-state index in [1.54, 1.807) is 0 Å². The summed E-state index contributed by atoms with van der Waals surface area (Å²) >= 11 is 0. The van der Waals surface area contributed by atoms with Gasteiger partial charge in [0.15, 0.2) is 6.04 Å². The van der Waals surface area contributed by atoms with Crippen LogP contribution >= 0.6 is 0 Å². The van der Waals surface area contributed by atoms with Crippen molar-refractivity contribution in [3.8, 4) is 0 Å².